The van der Waals surface area contributed by atoms with Crippen LogP contribution in [0, 0.1) is 0 Å². The van der Waals surface area contributed by atoms with Gasteiger partial charge < -0.3 is 15.0 Å². The molecule has 2 N–H and O–H groups in total. The maximum absolute atomic E-state index is 12.4. The van der Waals surface area contributed by atoms with Gasteiger partial charge in [-0.3, -0.25) is 9.67 Å². The Morgan fingerprint density at radius 2 is 2.19 bits per heavy atom. The van der Waals surface area contributed by atoms with Crippen LogP contribution < -0.4 is 10.0 Å². The zero-order valence-electron chi connectivity index (χ0n) is 18.1. The quantitative estimate of drug-likeness (QED) is 0.219. The normalized spacial score (nSPS) is 16.9. The molecule has 31 heavy (non-hydrogen) atoms. The van der Waals surface area contributed by atoms with Crippen LogP contribution in [0.25, 0.3) is 0 Å². The number of rotatable bonds is 8. The molecular formula is C20H31IN6O3S. The van der Waals surface area contributed by atoms with Crippen molar-refractivity contribution in [2.24, 2.45) is 12.0 Å². The summed E-state index contributed by atoms with van der Waals surface area (Å²) >= 11 is 0. The number of hydrogen-bond acceptors (Lipinski definition) is 5. The number of sulfonamides is 1. The SMILES string of the molecule is CN=C(NCc1cccc(S(=O)(=O)NCCOC)c1)N1CCC(c2cnn(C)c2)C1.I. The molecule has 1 aromatic carbocycles. The molecule has 1 unspecified atom stereocenters. The number of aromatic nitrogens is 2. The number of likely N-dealkylation sites (tertiary alicyclic amines) is 1. The minimum atomic E-state index is -3.56. The second kappa shape index (κ2) is 11.8. The number of ether oxygens (including phenoxy) is 1. The molecule has 2 heterocycles. The number of methoxy groups -OCH3 is 1. The fraction of sp³-hybridized carbons (Fsp3) is 0.500. The standard InChI is InChI=1S/C20H30N6O3S.HI/c1-21-20(26-9-7-17(15-26)18-13-23-25(2)14-18)22-12-16-5-4-6-19(11-16)30(27,28)24-8-10-29-3;/h4-6,11,13-14,17,24H,7-10,12,15H2,1-3H3,(H,21,22);1H. The fourth-order valence-electron chi connectivity index (χ4n) is 3.57. The number of hydrogen-bond donors (Lipinski definition) is 2. The third-order valence-corrected chi connectivity index (χ3v) is 6.61. The highest BCUT2D eigenvalue weighted by atomic mass is 127. The predicted octanol–water partition coefficient (Wildman–Crippen LogP) is 1.53. The topological polar surface area (TPSA) is 101 Å². The molecule has 1 saturated heterocycles. The van der Waals surface area contributed by atoms with E-state index in [4.69, 9.17) is 4.74 Å². The van der Waals surface area contributed by atoms with Crippen LogP contribution in [0.5, 0.6) is 0 Å². The maximum Gasteiger partial charge on any atom is 0.240 e. The van der Waals surface area contributed by atoms with Crippen LogP contribution in [0.1, 0.15) is 23.5 Å². The molecule has 3 rings (SSSR count). The first kappa shape index (κ1) is 25.6. The van der Waals surface area contributed by atoms with E-state index in [2.05, 4.69) is 31.2 Å². The van der Waals surface area contributed by atoms with Gasteiger partial charge in [-0.25, -0.2) is 13.1 Å². The first-order chi connectivity index (χ1) is 14.4. The van der Waals surface area contributed by atoms with Crippen LogP contribution >= 0.6 is 24.0 Å². The molecule has 1 aliphatic rings. The van der Waals surface area contributed by atoms with Gasteiger partial charge in [-0.2, -0.15) is 5.10 Å². The zero-order valence-corrected chi connectivity index (χ0v) is 21.3. The Morgan fingerprint density at radius 3 is 2.87 bits per heavy atom. The molecule has 0 bridgehead atoms. The number of aryl methyl sites for hydroxylation is 1. The molecule has 0 radical (unpaired) electrons. The van der Waals surface area contributed by atoms with Crippen molar-refractivity contribution >= 4 is 40.0 Å². The first-order valence-corrected chi connectivity index (χ1v) is 11.4. The largest absolute Gasteiger partial charge is 0.383 e. The van der Waals surface area contributed by atoms with Crippen molar-refractivity contribution in [2.75, 3.05) is 40.4 Å². The molecule has 0 aliphatic carbocycles. The van der Waals surface area contributed by atoms with Crippen LogP contribution in [0.15, 0.2) is 46.5 Å². The minimum absolute atomic E-state index is 0. The lowest BCUT2D eigenvalue weighted by atomic mass is 10.0. The number of benzene rings is 1. The van der Waals surface area contributed by atoms with Crippen molar-refractivity contribution < 1.29 is 13.2 Å². The molecule has 1 atom stereocenters. The average molecular weight is 562 g/mol. The second-order valence-corrected chi connectivity index (χ2v) is 9.08. The molecule has 1 fully saturated rings. The Morgan fingerprint density at radius 1 is 1.39 bits per heavy atom. The molecule has 0 saturated carbocycles. The molecular weight excluding hydrogens is 531 g/mol. The van der Waals surface area contributed by atoms with Crippen LogP contribution in [-0.2, 0) is 28.4 Å². The summed E-state index contributed by atoms with van der Waals surface area (Å²) in [6.07, 6.45) is 5.04. The van der Waals surface area contributed by atoms with Crippen molar-refractivity contribution in [3.05, 3.63) is 47.8 Å². The molecule has 1 aliphatic heterocycles. The van der Waals surface area contributed by atoms with Gasteiger partial charge in [0.05, 0.1) is 17.7 Å². The van der Waals surface area contributed by atoms with Crippen LogP contribution in [0.4, 0.5) is 0 Å². The lowest BCUT2D eigenvalue weighted by molar-refractivity contribution is 0.204. The molecule has 2 aromatic rings. The average Bonchev–Trinajstić information content (AvgIpc) is 3.38. The molecule has 9 nitrogen and oxygen atoms in total. The van der Waals surface area contributed by atoms with E-state index in [0.29, 0.717) is 19.1 Å². The Balaban J connectivity index is 0.00000341. The van der Waals surface area contributed by atoms with E-state index in [1.165, 1.54) is 12.7 Å². The molecule has 11 heteroatoms. The van der Waals surface area contributed by atoms with E-state index in [0.717, 1.165) is 31.0 Å². The monoisotopic (exact) mass is 562 g/mol. The van der Waals surface area contributed by atoms with Crippen LogP contribution in [0.2, 0.25) is 0 Å². The fourth-order valence-corrected chi connectivity index (χ4v) is 4.66. The van der Waals surface area contributed by atoms with Gasteiger partial charge in [-0.1, -0.05) is 12.1 Å². The number of halogens is 1. The summed E-state index contributed by atoms with van der Waals surface area (Å²) < 4.78 is 34.1. The summed E-state index contributed by atoms with van der Waals surface area (Å²) in [6.45, 7) is 2.84. The summed E-state index contributed by atoms with van der Waals surface area (Å²) in [5, 5.41) is 7.63. The van der Waals surface area contributed by atoms with Crippen molar-refractivity contribution in [1.29, 1.82) is 0 Å². The third-order valence-electron chi connectivity index (χ3n) is 5.15. The van der Waals surface area contributed by atoms with Gasteiger partial charge >= 0.3 is 0 Å². The lowest BCUT2D eigenvalue weighted by Crippen LogP contribution is -2.39. The van der Waals surface area contributed by atoms with Crippen molar-refractivity contribution in [3.8, 4) is 0 Å². The summed E-state index contributed by atoms with van der Waals surface area (Å²) in [5.74, 6) is 1.25. The van der Waals surface area contributed by atoms with Crippen molar-refractivity contribution in [1.82, 2.24) is 24.7 Å². The van der Waals surface area contributed by atoms with Gasteiger partial charge in [0.1, 0.15) is 0 Å². The Hall–Kier alpha value is -1.70. The summed E-state index contributed by atoms with van der Waals surface area (Å²) in [7, 11) is 1.67. The van der Waals surface area contributed by atoms with Gasteiger partial charge in [0.15, 0.2) is 5.96 Å². The van der Waals surface area contributed by atoms with E-state index >= 15 is 0 Å². The molecule has 0 amide bonds. The highest BCUT2D eigenvalue weighted by Crippen LogP contribution is 2.26. The zero-order chi connectivity index (χ0) is 21.6. The van der Waals surface area contributed by atoms with Crippen LogP contribution in [0.3, 0.4) is 0 Å². The Kier molecular flexibility index (Phi) is 9.72. The molecule has 0 spiro atoms. The van der Waals surface area contributed by atoms with Crippen LogP contribution in [-0.4, -0.2) is 69.5 Å². The Bertz CT molecular complexity index is 979. The summed E-state index contributed by atoms with van der Waals surface area (Å²) in [6, 6.07) is 6.92. The third kappa shape index (κ3) is 6.89. The predicted molar refractivity (Wildman–Crippen MR) is 131 cm³/mol. The number of nitrogens with zero attached hydrogens (tertiary/aromatic N) is 4. The smallest absolute Gasteiger partial charge is 0.240 e. The second-order valence-electron chi connectivity index (χ2n) is 7.32. The van der Waals surface area contributed by atoms with E-state index < -0.39 is 10.0 Å². The van der Waals surface area contributed by atoms with E-state index in [-0.39, 0.29) is 35.4 Å². The van der Waals surface area contributed by atoms with Gasteiger partial charge in [-0.05, 0) is 29.7 Å². The number of nitrogens with one attached hydrogen (secondary N) is 2. The minimum Gasteiger partial charge on any atom is -0.383 e. The van der Waals surface area contributed by atoms with Crippen molar-refractivity contribution in [3.63, 3.8) is 0 Å². The van der Waals surface area contributed by atoms with Gasteiger partial charge in [0.2, 0.25) is 10.0 Å². The Labute approximate surface area is 201 Å². The van der Waals surface area contributed by atoms with E-state index in [1.807, 2.05) is 24.0 Å². The first-order valence-electron chi connectivity index (χ1n) is 9.94. The highest BCUT2D eigenvalue weighted by Gasteiger charge is 2.26. The van der Waals surface area contributed by atoms with E-state index in [9.17, 15) is 8.42 Å². The highest BCUT2D eigenvalue weighted by molar-refractivity contribution is 14.0. The lowest BCUT2D eigenvalue weighted by Gasteiger charge is -2.21. The van der Waals surface area contributed by atoms with E-state index in [1.54, 1.807) is 25.2 Å². The maximum atomic E-state index is 12.4. The molecule has 172 valence electrons. The van der Waals surface area contributed by atoms with Gasteiger partial charge in [-0.15, -0.1) is 24.0 Å². The summed E-state index contributed by atoms with van der Waals surface area (Å²) in [5.41, 5.74) is 2.11. The summed E-state index contributed by atoms with van der Waals surface area (Å²) in [4.78, 5) is 6.87. The van der Waals surface area contributed by atoms with Gasteiger partial charge in [0.25, 0.3) is 0 Å². The van der Waals surface area contributed by atoms with Gasteiger partial charge in [0, 0.05) is 59.5 Å². The number of aliphatic imine (C=N–C) groups is 1. The van der Waals surface area contributed by atoms with Crippen molar-refractivity contribution in [2.45, 2.75) is 23.8 Å². The molecule has 1 aromatic heterocycles. The number of guanidine groups is 1.